The summed E-state index contributed by atoms with van der Waals surface area (Å²) in [6, 6.07) is 0. The van der Waals surface area contributed by atoms with Gasteiger partial charge in [0.25, 0.3) is 0 Å². The fraction of sp³-hybridized carbons (Fsp3) is 0.867. The number of carbonyl (C=O) groups excluding carboxylic acids is 2. The quantitative estimate of drug-likeness (QED) is 0.686. The summed E-state index contributed by atoms with van der Waals surface area (Å²) in [6.45, 7) is 5.01. The first-order valence-electron chi connectivity index (χ1n) is 7.38. The fourth-order valence-corrected chi connectivity index (χ4v) is 4.69. The van der Waals surface area contributed by atoms with Gasteiger partial charge in [-0.3, -0.25) is 9.59 Å². The molecule has 118 valence electrons. The predicted molar refractivity (Wildman–Crippen MR) is 71.1 cm³/mol. The Kier molecular flexibility index (Phi) is 2.80. The van der Waals surface area contributed by atoms with Gasteiger partial charge >= 0.3 is 11.9 Å². The van der Waals surface area contributed by atoms with Crippen molar-refractivity contribution in [3.63, 3.8) is 0 Å². The van der Waals surface area contributed by atoms with Gasteiger partial charge in [-0.25, -0.2) is 0 Å². The second-order valence-electron chi connectivity index (χ2n) is 7.25. The largest absolute Gasteiger partial charge is 0.465 e. The number of aliphatic hydroxyl groups is 2. The van der Waals surface area contributed by atoms with E-state index in [2.05, 4.69) is 0 Å². The van der Waals surface area contributed by atoms with Crippen molar-refractivity contribution in [2.24, 2.45) is 10.8 Å². The molecule has 21 heavy (non-hydrogen) atoms. The summed E-state index contributed by atoms with van der Waals surface area (Å²) in [5.74, 6) is -0.859. The molecule has 1 aliphatic carbocycles. The van der Waals surface area contributed by atoms with Gasteiger partial charge in [0.05, 0.1) is 35.4 Å². The monoisotopic (exact) mass is 298 g/mol. The second-order valence-corrected chi connectivity index (χ2v) is 7.25. The molecule has 6 nitrogen and oxygen atoms in total. The normalized spacial score (nSPS) is 50.7. The molecular formula is C15H22O6. The highest BCUT2D eigenvalue weighted by atomic mass is 16.6. The van der Waals surface area contributed by atoms with Crippen LogP contribution in [0.4, 0.5) is 0 Å². The van der Waals surface area contributed by atoms with Crippen LogP contribution in [0, 0.1) is 10.8 Å². The van der Waals surface area contributed by atoms with Crippen LogP contribution in [0.2, 0.25) is 0 Å². The number of carbonyl (C=O) groups is 2. The van der Waals surface area contributed by atoms with Gasteiger partial charge < -0.3 is 19.7 Å². The molecule has 1 spiro atoms. The third kappa shape index (κ3) is 1.50. The predicted octanol–water partition coefficient (Wildman–Crippen LogP) is 0.537. The van der Waals surface area contributed by atoms with Crippen LogP contribution in [-0.4, -0.2) is 46.1 Å². The maximum Gasteiger partial charge on any atom is 0.307 e. The summed E-state index contributed by atoms with van der Waals surface area (Å²) in [7, 11) is 0. The average molecular weight is 298 g/mol. The van der Waals surface area contributed by atoms with Crippen LogP contribution >= 0.6 is 0 Å². The number of aliphatic hydroxyl groups excluding tert-OH is 1. The number of ether oxygens (including phenoxy) is 2. The zero-order valence-corrected chi connectivity index (χ0v) is 12.6. The maximum atomic E-state index is 12.1. The topological polar surface area (TPSA) is 93.1 Å². The Labute approximate surface area is 123 Å². The van der Waals surface area contributed by atoms with Crippen molar-refractivity contribution < 1.29 is 29.3 Å². The van der Waals surface area contributed by atoms with Gasteiger partial charge in [0.2, 0.25) is 0 Å². The van der Waals surface area contributed by atoms with Gasteiger partial charge in [0, 0.05) is 0 Å². The van der Waals surface area contributed by atoms with Crippen LogP contribution in [0.3, 0.4) is 0 Å². The Morgan fingerprint density at radius 2 is 1.76 bits per heavy atom. The molecule has 3 aliphatic rings. The van der Waals surface area contributed by atoms with Gasteiger partial charge in [-0.15, -0.1) is 0 Å². The lowest BCUT2D eigenvalue weighted by Gasteiger charge is -2.51. The fourth-order valence-electron chi connectivity index (χ4n) is 4.69. The molecule has 3 fully saturated rings. The zero-order chi connectivity index (χ0) is 15.7. The average Bonchev–Trinajstić information content (AvgIpc) is 2.71. The van der Waals surface area contributed by atoms with E-state index in [9.17, 15) is 19.8 Å². The van der Waals surface area contributed by atoms with E-state index in [-0.39, 0.29) is 19.4 Å². The van der Waals surface area contributed by atoms with E-state index < -0.39 is 40.1 Å². The molecule has 0 radical (unpaired) electrons. The van der Waals surface area contributed by atoms with E-state index in [0.29, 0.717) is 12.8 Å². The first-order valence-corrected chi connectivity index (χ1v) is 7.38. The van der Waals surface area contributed by atoms with Crippen molar-refractivity contribution in [2.45, 2.75) is 63.8 Å². The summed E-state index contributed by atoms with van der Waals surface area (Å²) < 4.78 is 10.7. The van der Waals surface area contributed by atoms with E-state index in [1.807, 2.05) is 0 Å². The van der Waals surface area contributed by atoms with Crippen LogP contribution in [0.1, 0.15) is 46.5 Å². The van der Waals surface area contributed by atoms with E-state index in [4.69, 9.17) is 9.47 Å². The van der Waals surface area contributed by atoms with Crippen LogP contribution < -0.4 is 0 Å². The Morgan fingerprint density at radius 3 is 2.38 bits per heavy atom. The van der Waals surface area contributed by atoms with Crippen molar-refractivity contribution in [2.75, 3.05) is 6.61 Å². The number of esters is 2. The Hall–Kier alpha value is -1.14. The van der Waals surface area contributed by atoms with E-state index >= 15 is 0 Å². The standard InChI is InChI=1S/C15H22O6/c1-9(16)12(2)8-20-10(17)6-14-7-11(18)21-13(14,3)4-5-15(12,14)19/h9,16,19H,4-8H2,1-3H3/t9-,12+,13-,14-,15-/m0/s1. The first kappa shape index (κ1) is 14.8. The van der Waals surface area contributed by atoms with Crippen LogP contribution in [0.5, 0.6) is 0 Å². The molecule has 0 amide bonds. The molecule has 2 heterocycles. The Morgan fingerprint density at radius 1 is 1.14 bits per heavy atom. The lowest BCUT2D eigenvalue weighted by atomic mass is 9.55. The minimum absolute atomic E-state index is 0.0165. The first-order chi connectivity index (χ1) is 9.60. The molecule has 2 N–H and O–H groups in total. The minimum Gasteiger partial charge on any atom is -0.465 e. The van der Waals surface area contributed by atoms with Crippen LogP contribution in [0.25, 0.3) is 0 Å². The molecular weight excluding hydrogens is 276 g/mol. The maximum absolute atomic E-state index is 12.1. The SMILES string of the molecule is C[C@H](O)[C@@]1(C)COC(=O)C[C@]23CC(=O)O[C@@]2(C)CC[C@@]31O. The molecule has 0 aromatic rings. The number of cyclic esters (lactones) is 1. The van der Waals surface area contributed by atoms with Gasteiger partial charge in [0.15, 0.2) is 0 Å². The van der Waals surface area contributed by atoms with Crippen molar-refractivity contribution in [1.29, 1.82) is 0 Å². The van der Waals surface area contributed by atoms with Crippen molar-refractivity contribution in [3.8, 4) is 0 Å². The van der Waals surface area contributed by atoms with Gasteiger partial charge in [0.1, 0.15) is 12.2 Å². The molecule has 1 saturated carbocycles. The van der Waals surface area contributed by atoms with E-state index in [0.717, 1.165) is 0 Å². The lowest BCUT2D eigenvalue weighted by Crippen LogP contribution is -2.63. The Balaban J connectivity index is 2.22. The summed E-state index contributed by atoms with van der Waals surface area (Å²) in [5.41, 5.74) is -4.35. The van der Waals surface area contributed by atoms with Crippen molar-refractivity contribution >= 4 is 11.9 Å². The highest BCUT2D eigenvalue weighted by Crippen LogP contribution is 2.68. The smallest absolute Gasteiger partial charge is 0.307 e. The number of rotatable bonds is 1. The Bertz CT molecular complexity index is 516. The third-order valence-corrected chi connectivity index (χ3v) is 6.40. The molecule has 0 unspecified atom stereocenters. The van der Waals surface area contributed by atoms with Gasteiger partial charge in [-0.2, -0.15) is 0 Å². The summed E-state index contributed by atoms with van der Waals surface area (Å²) >= 11 is 0. The van der Waals surface area contributed by atoms with Crippen molar-refractivity contribution in [3.05, 3.63) is 0 Å². The van der Waals surface area contributed by atoms with Crippen LogP contribution in [0.15, 0.2) is 0 Å². The zero-order valence-electron chi connectivity index (χ0n) is 12.6. The molecule has 3 rings (SSSR count). The summed E-state index contributed by atoms with van der Waals surface area (Å²) in [4.78, 5) is 24.0. The van der Waals surface area contributed by atoms with Gasteiger partial charge in [-0.1, -0.05) is 6.92 Å². The molecule has 0 aromatic heterocycles. The highest BCUT2D eigenvalue weighted by molar-refractivity contribution is 5.79. The van der Waals surface area contributed by atoms with Crippen LogP contribution in [-0.2, 0) is 19.1 Å². The number of hydrogen-bond acceptors (Lipinski definition) is 6. The summed E-state index contributed by atoms with van der Waals surface area (Å²) in [5, 5.41) is 21.8. The number of hydrogen-bond donors (Lipinski definition) is 2. The van der Waals surface area contributed by atoms with Gasteiger partial charge in [-0.05, 0) is 26.7 Å². The minimum atomic E-state index is -1.39. The third-order valence-electron chi connectivity index (χ3n) is 6.40. The van der Waals surface area contributed by atoms with E-state index in [1.54, 1.807) is 20.8 Å². The molecule has 6 heteroatoms. The summed E-state index contributed by atoms with van der Waals surface area (Å²) in [6.07, 6.45) is -0.117. The molecule has 2 aliphatic heterocycles. The highest BCUT2D eigenvalue weighted by Gasteiger charge is 2.78. The van der Waals surface area contributed by atoms with E-state index in [1.165, 1.54) is 0 Å². The van der Waals surface area contributed by atoms with Crippen molar-refractivity contribution in [1.82, 2.24) is 0 Å². The second kappa shape index (κ2) is 3.98. The molecule has 2 saturated heterocycles. The molecule has 5 atom stereocenters. The molecule has 0 aromatic carbocycles. The lowest BCUT2D eigenvalue weighted by molar-refractivity contribution is -0.203. The molecule has 0 bridgehead atoms.